The molecular formula is C16H14ClNO8. The zero-order valence-electron chi connectivity index (χ0n) is 13.3. The summed E-state index contributed by atoms with van der Waals surface area (Å²) in [6, 6.07) is 2.93. The van der Waals surface area contributed by atoms with E-state index in [1.165, 1.54) is 7.11 Å². The monoisotopic (exact) mass is 383 g/mol. The first kappa shape index (κ1) is 19.0. The number of rotatable bonds is 6. The molecule has 0 fully saturated rings. The van der Waals surface area contributed by atoms with Crippen molar-refractivity contribution in [2.24, 2.45) is 0 Å². The topological polar surface area (TPSA) is 146 Å². The van der Waals surface area contributed by atoms with Crippen LogP contribution in [0.5, 0.6) is 28.7 Å². The van der Waals surface area contributed by atoms with E-state index in [1.54, 1.807) is 0 Å². The number of carbonyl (C=O) groups is 2. The van der Waals surface area contributed by atoms with Crippen LogP contribution in [0.25, 0.3) is 0 Å². The van der Waals surface area contributed by atoms with Crippen LogP contribution in [0.4, 0.5) is 5.69 Å². The molecule has 0 spiro atoms. The van der Waals surface area contributed by atoms with E-state index in [-0.39, 0.29) is 34.0 Å². The summed E-state index contributed by atoms with van der Waals surface area (Å²) in [7, 11) is 1.22. The number of phenolic OH excluding ortho intramolecular Hbond substituents is 4. The van der Waals surface area contributed by atoms with E-state index < -0.39 is 35.6 Å². The summed E-state index contributed by atoms with van der Waals surface area (Å²) in [6.07, 6.45) is 0.285. The van der Waals surface area contributed by atoms with Gasteiger partial charge in [-0.25, -0.2) is 4.79 Å². The molecule has 1 amide bonds. The third-order valence-electron chi connectivity index (χ3n) is 3.38. The molecule has 26 heavy (non-hydrogen) atoms. The number of nitrogens with one attached hydrogen (secondary N) is 1. The fourth-order valence-corrected chi connectivity index (χ4v) is 2.32. The SMILES string of the molecule is COc1c(O)cc(NC=O)c(O)c1COC(=O)c1cc(Cl)c(O)cc1O. The number of esters is 1. The van der Waals surface area contributed by atoms with Crippen LogP contribution in [0, 0.1) is 0 Å². The molecule has 10 heteroatoms. The summed E-state index contributed by atoms with van der Waals surface area (Å²) in [5, 5.41) is 41.2. The van der Waals surface area contributed by atoms with Crippen LogP contribution in [-0.4, -0.2) is 39.9 Å². The summed E-state index contributed by atoms with van der Waals surface area (Å²) >= 11 is 5.69. The molecule has 0 aliphatic rings. The zero-order valence-corrected chi connectivity index (χ0v) is 14.1. The summed E-state index contributed by atoms with van der Waals surface area (Å²) in [4.78, 5) is 22.7. The predicted molar refractivity (Wildman–Crippen MR) is 89.9 cm³/mol. The van der Waals surface area contributed by atoms with Crippen LogP contribution < -0.4 is 10.1 Å². The van der Waals surface area contributed by atoms with Gasteiger partial charge in [0.15, 0.2) is 11.5 Å². The number of amides is 1. The van der Waals surface area contributed by atoms with Crippen molar-refractivity contribution in [1.29, 1.82) is 0 Å². The Hall–Kier alpha value is -3.33. The van der Waals surface area contributed by atoms with Gasteiger partial charge in [-0.15, -0.1) is 0 Å². The van der Waals surface area contributed by atoms with E-state index >= 15 is 0 Å². The number of halogens is 1. The van der Waals surface area contributed by atoms with Crippen LogP contribution >= 0.6 is 11.6 Å². The van der Waals surface area contributed by atoms with Crippen molar-refractivity contribution in [2.45, 2.75) is 6.61 Å². The van der Waals surface area contributed by atoms with Gasteiger partial charge in [0, 0.05) is 12.1 Å². The fourth-order valence-electron chi connectivity index (χ4n) is 2.16. The quantitative estimate of drug-likeness (QED) is 0.220. The first-order valence-electron chi connectivity index (χ1n) is 7.00. The maximum atomic E-state index is 12.1. The molecule has 2 aromatic carbocycles. The van der Waals surface area contributed by atoms with Gasteiger partial charge in [-0.1, -0.05) is 11.6 Å². The highest BCUT2D eigenvalue weighted by Gasteiger charge is 2.22. The number of aromatic hydroxyl groups is 4. The molecule has 0 aromatic heterocycles. The normalized spacial score (nSPS) is 10.2. The van der Waals surface area contributed by atoms with Crippen LogP contribution in [0.15, 0.2) is 18.2 Å². The van der Waals surface area contributed by atoms with Gasteiger partial charge in [0.2, 0.25) is 6.41 Å². The summed E-state index contributed by atoms with van der Waals surface area (Å²) in [5.41, 5.74) is -0.563. The van der Waals surface area contributed by atoms with Crippen molar-refractivity contribution < 1.29 is 39.5 Å². The Kier molecular flexibility index (Phi) is 5.63. The lowest BCUT2D eigenvalue weighted by atomic mass is 10.1. The van der Waals surface area contributed by atoms with E-state index in [2.05, 4.69) is 5.32 Å². The first-order valence-corrected chi connectivity index (χ1v) is 7.38. The minimum atomic E-state index is -1.01. The van der Waals surface area contributed by atoms with E-state index in [0.29, 0.717) is 0 Å². The van der Waals surface area contributed by atoms with Crippen molar-refractivity contribution in [3.05, 3.63) is 34.3 Å². The predicted octanol–water partition coefficient (Wildman–Crippen LogP) is 2.10. The molecule has 0 unspecified atom stereocenters. The van der Waals surface area contributed by atoms with Gasteiger partial charge in [-0.2, -0.15) is 0 Å². The molecule has 2 aromatic rings. The highest BCUT2D eigenvalue weighted by atomic mass is 35.5. The number of hydrogen-bond donors (Lipinski definition) is 5. The molecular weight excluding hydrogens is 370 g/mol. The number of benzene rings is 2. The largest absolute Gasteiger partial charge is 0.507 e. The second kappa shape index (κ2) is 7.70. The van der Waals surface area contributed by atoms with Crippen LogP contribution in [0.2, 0.25) is 5.02 Å². The summed E-state index contributed by atoms with van der Waals surface area (Å²) in [6.45, 7) is -0.562. The van der Waals surface area contributed by atoms with Crippen molar-refractivity contribution in [2.75, 3.05) is 12.4 Å². The van der Waals surface area contributed by atoms with Crippen molar-refractivity contribution in [1.82, 2.24) is 0 Å². The van der Waals surface area contributed by atoms with Crippen molar-refractivity contribution in [3.63, 3.8) is 0 Å². The van der Waals surface area contributed by atoms with E-state index in [4.69, 9.17) is 21.1 Å². The number of hydrogen-bond acceptors (Lipinski definition) is 8. The Bertz CT molecular complexity index is 868. The van der Waals surface area contributed by atoms with E-state index in [9.17, 15) is 30.0 Å². The number of phenols is 4. The lowest BCUT2D eigenvalue weighted by molar-refractivity contribution is -0.105. The highest BCUT2D eigenvalue weighted by Crippen LogP contribution is 2.42. The minimum Gasteiger partial charge on any atom is -0.507 e. The average molecular weight is 384 g/mol. The van der Waals surface area contributed by atoms with Gasteiger partial charge < -0.3 is 35.2 Å². The van der Waals surface area contributed by atoms with Gasteiger partial charge >= 0.3 is 5.97 Å². The third-order valence-corrected chi connectivity index (χ3v) is 3.68. The van der Waals surface area contributed by atoms with Gasteiger partial charge in [0.05, 0.1) is 23.4 Å². The molecule has 0 aliphatic heterocycles. The standard InChI is InChI=1S/C16H14ClNO8/c1-25-15-8(14(23)10(18-6-19)3-13(15)22)5-26-16(24)7-2-9(17)12(21)4-11(7)20/h2-4,6,20-23H,5H2,1H3,(H,18,19). The smallest absolute Gasteiger partial charge is 0.342 e. The molecule has 0 saturated heterocycles. The molecule has 138 valence electrons. The minimum absolute atomic E-state index is 0.116. The second-order valence-corrected chi connectivity index (χ2v) is 5.37. The van der Waals surface area contributed by atoms with Gasteiger partial charge in [0.25, 0.3) is 0 Å². The molecule has 0 heterocycles. The lowest BCUT2D eigenvalue weighted by Crippen LogP contribution is -2.08. The summed E-state index contributed by atoms with van der Waals surface area (Å²) in [5.74, 6) is -3.05. The van der Waals surface area contributed by atoms with Gasteiger partial charge in [-0.05, 0) is 6.07 Å². The molecule has 0 aliphatic carbocycles. The average Bonchev–Trinajstić information content (AvgIpc) is 2.59. The van der Waals surface area contributed by atoms with Crippen molar-refractivity contribution >= 4 is 29.7 Å². The first-order chi connectivity index (χ1) is 12.3. The Balaban J connectivity index is 2.33. The number of carbonyl (C=O) groups excluding carboxylic acids is 2. The fraction of sp³-hybridized carbons (Fsp3) is 0.125. The maximum absolute atomic E-state index is 12.1. The Morgan fingerprint density at radius 3 is 2.46 bits per heavy atom. The van der Waals surface area contributed by atoms with Crippen LogP contribution in [0.3, 0.4) is 0 Å². The molecule has 0 radical (unpaired) electrons. The van der Waals surface area contributed by atoms with Gasteiger partial charge in [-0.3, -0.25) is 4.79 Å². The summed E-state index contributed by atoms with van der Waals surface area (Å²) < 4.78 is 9.96. The molecule has 2 rings (SSSR count). The highest BCUT2D eigenvalue weighted by molar-refractivity contribution is 6.32. The van der Waals surface area contributed by atoms with Crippen LogP contribution in [0.1, 0.15) is 15.9 Å². The van der Waals surface area contributed by atoms with Crippen molar-refractivity contribution in [3.8, 4) is 28.7 Å². The molecule has 5 N–H and O–H groups in total. The zero-order chi connectivity index (χ0) is 19.4. The Labute approximate surface area is 152 Å². The molecule has 9 nitrogen and oxygen atoms in total. The third kappa shape index (κ3) is 3.67. The Morgan fingerprint density at radius 2 is 1.85 bits per heavy atom. The van der Waals surface area contributed by atoms with Gasteiger partial charge in [0.1, 0.15) is 29.4 Å². The molecule has 0 bridgehead atoms. The second-order valence-electron chi connectivity index (χ2n) is 4.96. The van der Waals surface area contributed by atoms with Crippen LogP contribution in [-0.2, 0) is 16.1 Å². The number of ether oxygens (including phenoxy) is 2. The molecule has 0 atom stereocenters. The molecule has 0 saturated carbocycles. The van der Waals surface area contributed by atoms with E-state index in [1.807, 2.05) is 0 Å². The van der Waals surface area contributed by atoms with E-state index in [0.717, 1.165) is 18.2 Å². The Morgan fingerprint density at radius 1 is 1.15 bits per heavy atom. The number of methoxy groups -OCH3 is 1. The lowest BCUT2D eigenvalue weighted by Gasteiger charge is -2.15. The number of anilines is 1. The maximum Gasteiger partial charge on any atom is 0.342 e.